The molecule has 1 atom stereocenters. The van der Waals surface area contributed by atoms with Crippen LogP contribution in [-0.4, -0.2) is 35.3 Å². The molecule has 2 heterocycles. The van der Waals surface area contributed by atoms with Crippen molar-refractivity contribution in [2.24, 2.45) is 5.92 Å². The maximum absolute atomic E-state index is 13.0. The number of benzene rings is 1. The Morgan fingerprint density at radius 2 is 2.12 bits per heavy atom. The van der Waals surface area contributed by atoms with E-state index in [0.29, 0.717) is 18.8 Å². The minimum absolute atomic E-state index is 0.0565. The second-order valence-corrected chi connectivity index (χ2v) is 7.24. The molecule has 5 nitrogen and oxygen atoms in total. The molecule has 0 radical (unpaired) electrons. The second-order valence-electron chi connectivity index (χ2n) is 5.92. The van der Waals surface area contributed by atoms with Crippen molar-refractivity contribution in [2.75, 3.05) is 18.5 Å². The lowest BCUT2D eigenvalue weighted by Crippen LogP contribution is -2.34. The Bertz CT molecular complexity index is 759. The van der Waals surface area contributed by atoms with Gasteiger partial charge in [-0.05, 0) is 31.2 Å². The summed E-state index contributed by atoms with van der Waals surface area (Å²) in [5.74, 6) is -0.889. The summed E-state index contributed by atoms with van der Waals surface area (Å²) in [4.78, 5) is 33.2. The smallest absolute Gasteiger partial charge is 0.228 e. The van der Waals surface area contributed by atoms with E-state index in [4.69, 9.17) is 0 Å². The number of carbonyl (C=O) groups is 2. The second kappa shape index (κ2) is 6.68. The summed E-state index contributed by atoms with van der Waals surface area (Å²) in [6.07, 6.45) is 1.96. The highest BCUT2D eigenvalue weighted by atomic mass is 32.1. The lowest BCUT2D eigenvalue weighted by molar-refractivity contribution is -0.135. The highest BCUT2D eigenvalue weighted by molar-refractivity contribution is 7.11. The highest BCUT2D eigenvalue weighted by Gasteiger charge is 2.36. The summed E-state index contributed by atoms with van der Waals surface area (Å²) < 4.78 is 13.0. The van der Waals surface area contributed by atoms with Crippen LogP contribution in [0.1, 0.15) is 16.3 Å². The standard InChI is InChI=1S/C17H18FN3O2S/c1-11-19-8-15(24-11)10-20(2)17(23)12-7-16(22)21(9-12)14-5-3-13(18)4-6-14/h3-6,8,12H,7,9-10H2,1-2H3/t12-/m1/s1. The van der Waals surface area contributed by atoms with E-state index >= 15 is 0 Å². The van der Waals surface area contributed by atoms with Gasteiger partial charge in [-0.1, -0.05) is 0 Å². The first-order valence-electron chi connectivity index (χ1n) is 7.66. The molecule has 1 aliphatic rings. The summed E-state index contributed by atoms with van der Waals surface area (Å²) in [5.41, 5.74) is 0.623. The van der Waals surface area contributed by atoms with Crippen LogP contribution in [0.25, 0.3) is 0 Å². The number of anilines is 1. The number of aryl methyl sites for hydroxylation is 1. The Labute approximate surface area is 143 Å². The maximum Gasteiger partial charge on any atom is 0.228 e. The zero-order valence-electron chi connectivity index (χ0n) is 13.5. The molecule has 3 rings (SSSR count). The molecule has 1 fully saturated rings. The predicted molar refractivity (Wildman–Crippen MR) is 90.2 cm³/mol. The first-order valence-corrected chi connectivity index (χ1v) is 8.48. The van der Waals surface area contributed by atoms with Crippen molar-refractivity contribution in [1.82, 2.24) is 9.88 Å². The largest absolute Gasteiger partial charge is 0.340 e. The van der Waals surface area contributed by atoms with Gasteiger partial charge >= 0.3 is 0 Å². The van der Waals surface area contributed by atoms with Crippen LogP contribution in [0.15, 0.2) is 30.5 Å². The summed E-state index contributed by atoms with van der Waals surface area (Å²) in [6.45, 7) is 2.74. The number of amides is 2. The van der Waals surface area contributed by atoms with Gasteiger partial charge in [0.1, 0.15) is 5.82 Å². The van der Waals surface area contributed by atoms with Gasteiger partial charge in [-0.2, -0.15) is 0 Å². The predicted octanol–water partition coefficient (Wildman–Crippen LogP) is 2.60. The molecule has 126 valence electrons. The van der Waals surface area contributed by atoms with Crippen LogP contribution in [0.5, 0.6) is 0 Å². The maximum atomic E-state index is 13.0. The number of aromatic nitrogens is 1. The summed E-state index contributed by atoms with van der Waals surface area (Å²) in [7, 11) is 1.74. The third-order valence-corrected chi connectivity index (χ3v) is 4.95. The van der Waals surface area contributed by atoms with Gasteiger partial charge in [0.15, 0.2) is 0 Å². The molecule has 0 aliphatic carbocycles. The van der Waals surface area contributed by atoms with Crippen LogP contribution >= 0.6 is 11.3 Å². The van der Waals surface area contributed by atoms with Gasteiger partial charge in [0, 0.05) is 36.8 Å². The van der Waals surface area contributed by atoms with E-state index in [2.05, 4.69) is 4.98 Å². The van der Waals surface area contributed by atoms with Crippen LogP contribution in [-0.2, 0) is 16.1 Å². The molecule has 1 aliphatic heterocycles. The third kappa shape index (κ3) is 3.46. The van der Waals surface area contributed by atoms with Crippen LogP contribution < -0.4 is 4.90 Å². The molecule has 24 heavy (non-hydrogen) atoms. The van der Waals surface area contributed by atoms with E-state index in [1.54, 1.807) is 46.5 Å². The molecule has 1 saturated heterocycles. The molecular weight excluding hydrogens is 329 g/mol. The minimum Gasteiger partial charge on any atom is -0.340 e. The number of hydrogen-bond acceptors (Lipinski definition) is 4. The van der Waals surface area contributed by atoms with Gasteiger partial charge < -0.3 is 9.80 Å². The number of thiazole rings is 1. The quantitative estimate of drug-likeness (QED) is 0.854. The van der Waals surface area contributed by atoms with Crippen molar-refractivity contribution in [3.05, 3.63) is 46.2 Å². The lowest BCUT2D eigenvalue weighted by atomic mass is 10.1. The number of carbonyl (C=O) groups excluding carboxylic acids is 2. The van der Waals surface area contributed by atoms with E-state index < -0.39 is 0 Å². The van der Waals surface area contributed by atoms with Crippen molar-refractivity contribution in [3.8, 4) is 0 Å². The molecule has 0 unspecified atom stereocenters. The monoisotopic (exact) mass is 347 g/mol. The molecule has 1 aromatic heterocycles. The van der Waals surface area contributed by atoms with Crippen molar-refractivity contribution in [3.63, 3.8) is 0 Å². The van der Waals surface area contributed by atoms with E-state index in [-0.39, 0.29) is 30.0 Å². The van der Waals surface area contributed by atoms with E-state index in [1.807, 2.05) is 6.92 Å². The molecule has 7 heteroatoms. The Kier molecular flexibility index (Phi) is 4.62. The Morgan fingerprint density at radius 1 is 1.42 bits per heavy atom. The highest BCUT2D eigenvalue weighted by Crippen LogP contribution is 2.27. The fraction of sp³-hybridized carbons (Fsp3) is 0.353. The van der Waals surface area contributed by atoms with E-state index in [1.165, 1.54) is 12.1 Å². The van der Waals surface area contributed by atoms with Gasteiger partial charge in [0.2, 0.25) is 11.8 Å². The van der Waals surface area contributed by atoms with Crippen molar-refractivity contribution >= 4 is 28.8 Å². The Balaban J connectivity index is 1.66. The summed E-state index contributed by atoms with van der Waals surface area (Å²) >= 11 is 1.56. The molecule has 0 N–H and O–H groups in total. The SMILES string of the molecule is Cc1ncc(CN(C)C(=O)[C@@H]2CC(=O)N(c3ccc(F)cc3)C2)s1. The van der Waals surface area contributed by atoms with Crippen molar-refractivity contribution < 1.29 is 14.0 Å². The van der Waals surface area contributed by atoms with Gasteiger partial charge in [-0.25, -0.2) is 9.37 Å². The van der Waals surface area contributed by atoms with Crippen LogP contribution in [0, 0.1) is 18.7 Å². The molecule has 0 bridgehead atoms. The van der Waals surface area contributed by atoms with Crippen molar-refractivity contribution in [2.45, 2.75) is 19.9 Å². The van der Waals surface area contributed by atoms with Crippen LogP contribution in [0.3, 0.4) is 0 Å². The van der Waals surface area contributed by atoms with Crippen LogP contribution in [0.4, 0.5) is 10.1 Å². The van der Waals surface area contributed by atoms with E-state index in [0.717, 1.165) is 9.88 Å². The van der Waals surface area contributed by atoms with Gasteiger partial charge in [-0.15, -0.1) is 11.3 Å². The Hall–Kier alpha value is -2.28. The number of hydrogen-bond donors (Lipinski definition) is 0. The molecule has 0 spiro atoms. The number of halogens is 1. The van der Waals surface area contributed by atoms with Gasteiger partial charge in [0.25, 0.3) is 0 Å². The van der Waals surface area contributed by atoms with Gasteiger partial charge in [0.05, 0.1) is 17.5 Å². The average molecular weight is 347 g/mol. The fourth-order valence-electron chi connectivity index (χ4n) is 2.85. The zero-order chi connectivity index (χ0) is 17.3. The molecule has 2 aromatic rings. The minimum atomic E-state index is -0.374. The topological polar surface area (TPSA) is 53.5 Å². The molecular formula is C17H18FN3O2S. The third-order valence-electron chi connectivity index (χ3n) is 4.05. The van der Waals surface area contributed by atoms with Crippen LogP contribution in [0.2, 0.25) is 0 Å². The van der Waals surface area contributed by atoms with Crippen molar-refractivity contribution in [1.29, 1.82) is 0 Å². The average Bonchev–Trinajstić information content (AvgIpc) is 3.13. The normalized spacial score (nSPS) is 17.4. The summed E-state index contributed by atoms with van der Waals surface area (Å²) in [5, 5.41) is 0.962. The Morgan fingerprint density at radius 3 is 2.75 bits per heavy atom. The zero-order valence-corrected chi connectivity index (χ0v) is 14.3. The molecule has 1 aromatic carbocycles. The fourth-order valence-corrected chi connectivity index (χ4v) is 3.69. The molecule has 2 amide bonds. The van der Waals surface area contributed by atoms with E-state index in [9.17, 15) is 14.0 Å². The van der Waals surface area contributed by atoms with Gasteiger partial charge in [-0.3, -0.25) is 9.59 Å². The summed E-state index contributed by atoms with van der Waals surface area (Å²) in [6, 6.07) is 5.75. The number of nitrogens with zero attached hydrogens (tertiary/aromatic N) is 3. The number of rotatable bonds is 4. The first kappa shape index (κ1) is 16.6. The molecule has 0 saturated carbocycles. The first-order chi connectivity index (χ1) is 11.4. The lowest BCUT2D eigenvalue weighted by Gasteiger charge is -2.21.